The van der Waals surface area contributed by atoms with Crippen LogP contribution >= 0.6 is 0 Å². The number of hydrogen-bond donors (Lipinski definition) is 0. The maximum absolute atomic E-state index is 2.84. The number of anilines is 3. The molecule has 12 rings (SSSR count). The molecule has 0 unspecified atom stereocenters. The van der Waals surface area contributed by atoms with Gasteiger partial charge in [0.25, 0.3) is 0 Å². The number of rotatable bonds is 6. The van der Waals surface area contributed by atoms with E-state index in [0.717, 1.165) is 11.4 Å². The van der Waals surface area contributed by atoms with E-state index in [-0.39, 0.29) is 5.41 Å². The molecule has 2 aliphatic carbocycles. The Kier molecular flexibility index (Phi) is 7.06. The van der Waals surface area contributed by atoms with Gasteiger partial charge in [0, 0.05) is 22.5 Å². The molecule has 0 bridgehead atoms. The van der Waals surface area contributed by atoms with Crippen LogP contribution in [0.15, 0.2) is 212 Å². The largest absolute Gasteiger partial charge is 0.311 e. The smallest absolute Gasteiger partial charge is 0.180 e. The Morgan fingerprint density at radius 1 is 0.368 bits per heavy atom. The molecular formula is C55H39NSi. The first-order chi connectivity index (χ1) is 28.3. The first kappa shape index (κ1) is 32.5. The van der Waals surface area contributed by atoms with E-state index in [2.05, 4.69) is 217 Å². The van der Waals surface area contributed by atoms with Gasteiger partial charge in [0.15, 0.2) is 8.07 Å². The number of fused-ring (bicyclic) bond motifs is 7. The summed E-state index contributed by atoms with van der Waals surface area (Å²) in [6, 6.07) is 80.1. The summed E-state index contributed by atoms with van der Waals surface area (Å²) >= 11 is 0. The highest BCUT2D eigenvalue weighted by Gasteiger charge is 2.51. The Morgan fingerprint density at radius 2 is 0.895 bits per heavy atom. The quantitative estimate of drug-likeness (QED) is 0.153. The van der Waals surface area contributed by atoms with E-state index in [1.54, 1.807) is 0 Å². The second kappa shape index (κ2) is 12.4. The summed E-state index contributed by atoms with van der Waals surface area (Å²) in [7, 11) is -2.84. The van der Waals surface area contributed by atoms with Crippen molar-refractivity contribution in [3.63, 3.8) is 0 Å². The van der Waals surface area contributed by atoms with Crippen LogP contribution in [0.25, 0.3) is 44.2 Å². The van der Waals surface area contributed by atoms with Gasteiger partial charge in [0.2, 0.25) is 0 Å². The van der Waals surface area contributed by atoms with E-state index < -0.39 is 8.07 Å². The Balaban J connectivity index is 1.12. The summed E-state index contributed by atoms with van der Waals surface area (Å²) in [5, 5.41) is 8.50. The van der Waals surface area contributed by atoms with Gasteiger partial charge in [-0.05, 0) is 125 Å². The van der Waals surface area contributed by atoms with Crippen molar-refractivity contribution in [2.75, 3.05) is 4.90 Å². The van der Waals surface area contributed by atoms with Crippen molar-refractivity contribution in [2.24, 2.45) is 0 Å². The zero-order valence-electron chi connectivity index (χ0n) is 31.6. The van der Waals surface area contributed by atoms with Crippen LogP contribution < -0.4 is 25.6 Å². The molecule has 3 aliphatic rings. The Hall–Kier alpha value is -6.74. The van der Waals surface area contributed by atoms with Crippen LogP contribution in [0, 0.1) is 0 Å². The minimum Gasteiger partial charge on any atom is -0.311 e. The predicted octanol–water partition coefficient (Wildman–Crippen LogP) is 11.4. The van der Waals surface area contributed by atoms with E-state index >= 15 is 0 Å². The van der Waals surface area contributed by atoms with Gasteiger partial charge in [0.1, 0.15) is 0 Å². The van der Waals surface area contributed by atoms with Gasteiger partial charge >= 0.3 is 0 Å². The van der Waals surface area contributed by atoms with E-state index in [1.165, 1.54) is 94.6 Å². The average Bonchev–Trinajstić information content (AvgIpc) is 4.03. The molecular weight excluding hydrogens is 703 g/mol. The van der Waals surface area contributed by atoms with Crippen LogP contribution in [0.2, 0.25) is 0 Å². The third kappa shape index (κ3) is 4.62. The lowest BCUT2D eigenvalue weighted by Gasteiger charge is -2.33. The zero-order valence-corrected chi connectivity index (χ0v) is 32.6. The van der Waals surface area contributed by atoms with Crippen molar-refractivity contribution in [3.8, 4) is 33.4 Å². The van der Waals surface area contributed by atoms with E-state index in [4.69, 9.17) is 0 Å². The molecule has 0 radical (unpaired) electrons. The maximum atomic E-state index is 2.58. The fourth-order valence-electron chi connectivity index (χ4n) is 10.6. The fourth-order valence-corrected chi connectivity index (χ4v) is 15.8. The van der Waals surface area contributed by atoms with Gasteiger partial charge in [-0.1, -0.05) is 176 Å². The van der Waals surface area contributed by atoms with Crippen LogP contribution in [0.4, 0.5) is 17.1 Å². The van der Waals surface area contributed by atoms with Gasteiger partial charge < -0.3 is 4.90 Å². The molecule has 0 amide bonds. The van der Waals surface area contributed by atoms with Gasteiger partial charge in [-0.2, -0.15) is 0 Å². The van der Waals surface area contributed by atoms with Crippen molar-refractivity contribution >= 4 is 56.7 Å². The van der Waals surface area contributed by atoms with Crippen molar-refractivity contribution in [3.05, 3.63) is 223 Å². The lowest BCUT2D eigenvalue weighted by Crippen LogP contribution is -2.72. The first-order valence-corrected chi connectivity index (χ1v) is 22.2. The van der Waals surface area contributed by atoms with Crippen molar-refractivity contribution in [1.29, 1.82) is 0 Å². The number of hydrogen-bond acceptors (Lipinski definition) is 1. The summed E-state index contributed by atoms with van der Waals surface area (Å²) in [6.07, 6.45) is 2.44. The van der Waals surface area contributed by atoms with Crippen LogP contribution in [0.5, 0.6) is 0 Å². The molecule has 57 heavy (non-hydrogen) atoms. The van der Waals surface area contributed by atoms with Crippen molar-refractivity contribution in [1.82, 2.24) is 0 Å². The van der Waals surface area contributed by atoms with E-state index in [1.807, 2.05) is 0 Å². The van der Waals surface area contributed by atoms with Gasteiger partial charge in [-0.25, -0.2) is 0 Å². The van der Waals surface area contributed by atoms with Gasteiger partial charge in [-0.15, -0.1) is 0 Å². The molecule has 1 fully saturated rings. The van der Waals surface area contributed by atoms with Gasteiger partial charge in [-0.3, -0.25) is 0 Å². The van der Waals surface area contributed by atoms with Crippen LogP contribution in [-0.4, -0.2) is 8.07 Å². The Bertz CT molecular complexity index is 2930. The van der Waals surface area contributed by atoms with Crippen LogP contribution in [0.1, 0.15) is 24.0 Å². The van der Waals surface area contributed by atoms with Crippen LogP contribution in [-0.2, 0) is 5.41 Å². The highest BCUT2D eigenvalue weighted by molar-refractivity contribution is 7.22. The lowest BCUT2D eigenvalue weighted by atomic mass is 9.74. The Morgan fingerprint density at radius 3 is 1.54 bits per heavy atom. The molecule has 1 saturated carbocycles. The average molecular weight is 742 g/mol. The Labute approximate surface area is 335 Å². The fraction of sp³-hybridized carbons (Fsp3) is 0.0545. The topological polar surface area (TPSA) is 3.24 Å². The SMILES string of the molecule is c1ccc(N(c2ccccc2)c2ccc3c(c2)[Si](c2ccccc2)(c2ccccc2)c2cc(-c4ccc5c6c(cccc46)C4(CC4)c4ccccc4-5)ccc2-3)cc1. The maximum Gasteiger partial charge on any atom is 0.180 e. The normalized spacial score (nSPS) is 14.8. The standard InChI is InChI=1S/C55H39NSi/c1-5-16-39(17-6-1)56(40-18-7-2-8-19-40)41-29-31-47-46-30-28-38(36-52(46)57(53(47)37-41,42-20-9-3-10-21-42)43-22-11-4-12-23-43)44-32-33-49-45-24-13-14-26-50(45)55(34-35-55)51-27-15-25-48(44)54(49)51/h1-33,36-37H,34-35H2. The summed E-state index contributed by atoms with van der Waals surface area (Å²) in [6.45, 7) is 0. The molecule has 0 atom stereocenters. The van der Waals surface area contributed by atoms with Crippen LogP contribution in [0.3, 0.4) is 0 Å². The molecule has 2 heteroatoms. The molecule has 9 aromatic rings. The highest BCUT2D eigenvalue weighted by Crippen LogP contribution is 2.61. The van der Waals surface area contributed by atoms with Crippen molar-refractivity contribution in [2.45, 2.75) is 18.3 Å². The number of para-hydroxylation sites is 2. The second-order valence-electron chi connectivity index (χ2n) is 16.0. The molecule has 1 aliphatic heterocycles. The lowest BCUT2D eigenvalue weighted by molar-refractivity contribution is 0.853. The number of nitrogens with zero attached hydrogens (tertiary/aromatic N) is 1. The molecule has 268 valence electrons. The molecule has 0 N–H and O–H groups in total. The summed E-state index contributed by atoms with van der Waals surface area (Å²) in [5.74, 6) is 0. The summed E-state index contributed by atoms with van der Waals surface area (Å²) in [4.78, 5) is 2.41. The monoisotopic (exact) mass is 741 g/mol. The minimum atomic E-state index is -2.84. The third-order valence-electron chi connectivity index (χ3n) is 13.2. The molecule has 1 heterocycles. The molecule has 1 spiro atoms. The van der Waals surface area contributed by atoms with Crippen molar-refractivity contribution < 1.29 is 0 Å². The molecule has 9 aromatic carbocycles. The van der Waals surface area contributed by atoms with E-state index in [0.29, 0.717) is 0 Å². The van der Waals surface area contributed by atoms with Gasteiger partial charge in [0.05, 0.1) is 0 Å². The summed E-state index contributed by atoms with van der Waals surface area (Å²) in [5.41, 5.74) is 14.7. The predicted molar refractivity (Wildman–Crippen MR) is 242 cm³/mol. The third-order valence-corrected chi connectivity index (χ3v) is 18.0. The highest BCUT2D eigenvalue weighted by atomic mass is 28.3. The minimum absolute atomic E-state index is 0.148. The zero-order chi connectivity index (χ0) is 37.6. The summed E-state index contributed by atoms with van der Waals surface area (Å²) < 4.78 is 0. The first-order valence-electron chi connectivity index (χ1n) is 20.2. The second-order valence-corrected chi connectivity index (χ2v) is 19.7. The number of benzene rings is 9. The molecule has 0 saturated heterocycles. The molecule has 1 nitrogen and oxygen atoms in total. The van der Waals surface area contributed by atoms with E-state index in [9.17, 15) is 0 Å². The molecule has 0 aromatic heterocycles.